The minimum absolute atomic E-state index is 0.0338. The van der Waals surface area contributed by atoms with Crippen LogP contribution in [0.15, 0.2) is 4.99 Å². The molecule has 1 aliphatic carbocycles. The second-order valence-corrected chi connectivity index (χ2v) is 8.82. The third-order valence-corrected chi connectivity index (χ3v) is 6.44. The van der Waals surface area contributed by atoms with Gasteiger partial charge in [-0.15, -0.1) is 0 Å². The highest BCUT2D eigenvalue weighted by Gasteiger charge is 2.35. The third-order valence-electron chi connectivity index (χ3n) is 6.44. The van der Waals surface area contributed by atoms with E-state index < -0.39 is 12.1 Å². The number of nitrogens with zero attached hydrogens (tertiary/aromatic N) is 2. The summed E-state index contributed by atoms with van der Waals surface area (Å²) in [5, 5.41) is 5.74. The van der Waals surface area contributed by atoms with Crippen molar-refractivity contribution in [2.75, 3.05) is 26.2 Å². The van der Waals surface area contributed by atoms with E-state index in [1.807, 2.05) is 0 Å². The lowest BCUT2D eigenvalue weighted by molar-refractivity contribution is -0.138. The molecule has 10 N–H and O–H groups in total. The zero-order valence-corrected chi connectivity index (χ0v) is 19.1. The van der Waals surface area contributed by atoms with Gasteiger partial charge >= 0.3 is 0 Å². The number of hydrogen-bond donors (Lipinski definition) is 6. The summed E-state index contributed by atoms with van der Waals surface area (Å²) in [6.45, 7) is 1.11. The predicted octanol–water partition coefficient (Wildman–Crippen LogP) is -2.12. The Kier molecular flexibility index (Phi) is 10.4. The van der Waals surface area contributed by atoms with Gasteiger partial charge in [0, 0.05) is 25.6 Å². The highest BCUT2D eigenvalue weighted by atomic mass is 16.2. The van der Waals surface area contributed by atoms with Crippen LogP contribution >= 0.6 is 0 Å². The number of likely N-dealkylation sites (tertiary alicyclic amines) is 1. The minimum atomic E-state index is -0.774. The molecule has 0 spiro atoms. The molecule has 0 aromatic rings. The van der Waals surface area contributed by atoms with Crippen LogP contribution in [0.4, 0.5) is 0 Å². The number of guanidine groups is 1. The number of carbonyl (C=O) groups is 4. The maximum Gasteiger partial charge on any atom is 0.243 e. The van der Waals surface area contributed by atoms with Crippen LogP contribution in [0.2, 0.25) is 0 Å². The molecular weight excluding hydrogens is 428 g/mol. The number of amides is 4. The molecule has 0 unspecified atom stereocenters. The molecule has 1 heterocycles. The Morgan fingerprint density at radius 3 is 2.33 bits per heavy atom. The minimum Gasteiger partial charge on any atom is -0.370 e. The van der Waals surface area contributed by atoms with Crippen molar-refractivity contribution in [3.63, 3.8) is 0 Å². The molecule has 2 rings (SSSR count). The zero-order chi connectivity index (χ0) is 24.4. The van der Waals surface area contributed by atoms with E-state index in [4.69, 9.17) is 22.9 Å². The van der Waals surface area contributed by atoms with Gasteiger partial charge in [0.1, 0.15) is 12.1 Å². The number of hydrogen-bond acceptors (Lipinski definition) is 6. The summed E-state index contributed by atoms with van der Waals surface area (Å²) in [5.74, 6) is -1.07. The normalized spacial score (nSPS) is 23.4. The van der Waals surface area contributed by atoms with Crippen LogP contribution in [0, 0.1) is 11.8 Å². The summed E-state index contributed by atoms with van der Waals surface area (Å²) in [7, 11) is 0. The average Bonchev–Trinajstić information content (AvgIpc) is 3.29. The van der Waals surface area contributed by atoms with Crippen molar-refractivity contribution in [2.24, 2.45) is 39.8 Å². The van der Waals surface area contributed by atoms with Crippen LogP contribution in [0.1, 0.15) is 51.4 Å². The molecule has 0 aromatic heterocycles. The van der Waals surface area contributed by atoms with Crippen molar-refractivity contribution in [2.45, 2.75) is 63.5 Å². The van der Waals surface area contributed by atoms with Gasteiger partial charge in [-0.2, -0.15) is 0 Å². The Hall–Kier alpha value is -2.89. The topological polar surface area (TPSA) is 212 Å². The van der Waals surface area contributed by atoms with E-state index in [0.29, 0.717) is 45.3 Å². The van der Waals surface area contributed by atoms with Crippen LogP contribution in [-0.4, -0.2) is 72.8 Å². The number of primary amides is 1. The number of carbonyl (C=O) groups excluding carboxylic acids is 4. The predicted molar refractivity (Wildman–Crippen MR) is 123 cm³/mol. The van der Waals surface area contributed by atoms with Gasteiger partial charge in [0.05, 0.1) is 6.54 Å². The summed E-state index contributed by atoms with van der Waals surface area (Å²) in [5.41, 5.74) is 21.5. The fourth-order valence-corrected chi connectivity index (χ4v) is 4.51. The van der Waals surface area contributed by atoms with Crippen molar-refractivity contribution >= 4 is 29.6 Å². The van der Waals surface area contributed by atoms with Gasteiger partial charge in [-0.3, -0.25) is 24.2 Å². The molecule has 0 aromatic carbocycles. The summed E-state index contributed by atoms with van der Waals surface area (Å²) in [6, 6.07) is -1.40. The lowest BCUT2D eigenvalue weighted by atomic mass is 9.81. The Labute approximate surface area is 194 Å². The zero-order valence-electron chi connectivity index (χ0n) is 19.1. The standard InChI is InChI=1S/C21H38N8O4/c22-11-17(30)29-10-2-4-16(29)20(33)28-15(3-1-9-26-21(24)25)19(32)27-12-13-5-7-14(8-6-13)18(23)31/h13-16H,1-12,22H2,(H2,23,31)(H,27,32)(H,28,33)(H4,24,25,26)/t13?,14?,15-,16-/m0/s1. The first-order valence-electron chi connectivity index (χ1n) is 11.6. The molecule has 186 valence electrons. The quantitative estimate of drug-likeness (QED) is 0.113. The summed E-state index contributed by atoms with van der Waals surface area (Å²) in [6.07, 6.45) is 5.16. The smallest absolute Gasteiger partial charge is 0.243 e. The molecule has 1 saturated carbocycles. The molecule has 4 amide bonds. The number of nitrogens with two attached hydrogens (primary N) is 4. The monoisotopic (exact) mass is 466 g/mol. The highest BCUT2D eigenvalue weighted by molar-refractivity contribution is 5.92. The molecule has 0 bridgehead atoms. The van der Waals surface area contributed by atoms with Crippen molar-refractivity contribution < 1.29 is 19.2 Å². The SMILES string of the molecule is NCC(=O)N1CCC[C@H]1C(=O)N[C@@H](CCCN=C(N)N)C(=O)NCC1CCC(C(N)=O)CC1. The van der Waals surface area contributed by atoms with Crippen LogP contribution in [-0.2, 0) is 19.2 Å². The van der Waals surface area contributed by atoms with Crippen molar-refractivity contribution in [1.29, 1.82) is 0 Å². The van der Waals surface area contributed by atoms with E-state index in [9.17, 15) is 19.2 Å². The van der Waals surface area contributed by atoms with E-state index in [1.165, 1.54) is 4.90 Å². The van der Waals surface area contributed by atoms with E-state index in [1.54, 1.807) is 0 Å². The van der Waals surface area contributed by atoms with E-state index in [-0.39, 0.29) is 48.0 Å². The Balaban J connectivity index is 1.93. The van der Waals surface area contributed by atoms with Crippen LogP contribution in [0.5, 0.6) is 0 Å². The molecule has 12 heteroatoms. The van der Waals surface area contributed by atoms with Crippen molar-refractivity contribution in [3.8, 4) is 0 Å². The molecule has 1 aliphatic heterocycles. The number of rotatable bonds is 11. The lowest BCUT2D eigenvalue weighted by Crippen LogP contribution is -2.54. The summed E-state index contributed by atoms with van der Waals surface area (Å²) < 4.78 is 0. The van der Waals surface area contributed by atoms with Gasteiger partial charge < -0.3 is 38.5 Å². The first-order valence-corrected chi connectivity index (χ1v) is 11.6. The van der Waals surface area contributed by atoms with Crippen LogP contribution < -0.4 is 33.6 Å². The third kappa shape index (κ3) is 8.19. The summed E-state index contributed by atoms with van der Waals surface area (Å²) >= 11 is 0. The second-order valence-electron chi connectivity index (χ2n) is 8.82. The fourth-order valence-electron chi connectivity index (χ4n) is 4.51. The van der Waals surface area contributed by atoms with Crippen LogP contribution in [0.3, 0.4) is 0 Å². The van der Waals surface area contributed by atoms with E-state index in [2.05, 4.69) is 15.6 Å². The maximum atomic E-state index is 12.9. The van der Waals surface area contributed by atoms with Gasteiger partial charge in [0.2, 0.25) is 23.6 Å². The molecule has 33 heavy (non-hydrogen) atoms. The van der Waals surface area contributed by atoms with E-state index in [0.717, 1.165) is 25.7 Å². The largest absolute Gasteiger partial charge is 0.370 e. The first-order chi connectivity index (χ1) is 15.7. The van der Waals surface area contributed by atoms with Gasteiger partial charge in [0.15, 0.2) is 5.96 Å². The summed E-state index contributed by atoms with van der Waals surface area (Å²) in [4.78, 5) is 54.6. The number of aliphatic imine (C=N–C) groups is 1. The molecular formula is C21H38N8O4. The molecule has 12 nitrogen and oxygen atoms in total. The Bertz CT molecular complexity index is 732. The fraction of sp³-hybridized carbons (Fsp3) is 0.762. The molecule has 2 aliphatic rings. The lowest BCUT2D eigenvalue weighted by Gasteiger charge is -2.28. The average molecular weight is 467 g/mol. The van der Waals surface area contributed by atoms with Crippen molar-refractivity contribution in [1.82, 2.24) is 15.5 Å². The van der Waals surface area contributed by atoms with Gasteiger partial charge in [-0.1, -0.05) is 0 Å². The Morgan fingerprint density at radius 1 is 1.03 bits per heavy atom. The molecule has 0 radical (unpaired) electrons. The molecule has 2 fully saturated rings. The van der Waals surface area contributed by atoms with Gasteiger partial charge in [0.25, 0.3) is 0 Å². The maximum absolute atomic E-state index is 12.9. The molecule has 1 saturated heterocycles. The van der Waals surface area contributed by atoms with E-state index >= 15 is 0 Å². The Morgan fingerprint density at radius 2 is 1.73 bits per heavy atom. The number of nitrogens with one attached hydrogen (secondary N) is 2. The first kappa shape index (κ1) is 26.4. The van der Waals surface area contributed by atoms with Gasteiger partial charge in [-0.05, 0) is 57.3 Å². The van der Waals surface area contributed by atoms with Crippen molar-refractivity contribution in [3.05, 3.63) is 0 Å². The highest BCUT2D eigenvalue weighted by Crippen LogP contribution is 2.28. The van der Waals surface area contributed by atoms with Gasteiger partial charge in [-0.25, -0.2) is 0 Å². The molecule has 2 atom stereocenters. The second kappa shape index (κ2) is 13.0. The van der Waals surface area contributed by atoms with Crippen LogP contribution in [0.25, 0.3) is 0 Å².